The monoisotopic (exact) mass is 231 g/mol. The van der Waals surface area contributed by atoms with E-state index in [2.05, 4.69) is 0 Å². The number of rotatable bonds is 4. The highest BCUT2D eigenvalue weighted by Gasteiger charge is 2.17. The molecule has 0 heterocycles. The van der Waals surface area contributed by atoms with Gasteiger partial charge in [-0.25, -0.2) is 0 Å². The lowest BCUT2D eigenvalue weighted by atomic mass is 10.1. The lowest BCUT2D eigenvalue weighted by Gasteiger charge is -2.20. The van der Waals surface area contributed by atoms with Crippen LogP contribution in [0.5, 0.6) is 0 Å². The molecule has 0 saturated heterocycles. The minimum Gasteiger partial charge on any atom is -0.388 e. The first-order valence-electron chi connectivity index (χ1n) is 4.34. The largest absolute Gasteiger partial charge is 0.388 e. The lowest BCUT2D eigenvalue weighted by Crippen LogP contribution is -2.36. The van der Waals surface area contributed by atoms with Crippen LogP contribution in [0.2, 0.25) is 5.02 Å². The van der Waals surface area contributed by atoms with Gasteiger partial charge in [0.15, 0.2) is 0 Å². The molecule has 0 spiro atoms. The maximum atomic E-state index is 9.67. The van der Waals surface area contributed by atoms with E-state index < -0.39 is 5.60 Å². The number of aliphatic hydroxyl groups is 1. The summed E-state index contributed by atoms with van der Waals surface area (Å²) in [7, 11) is 0. The Morgan fingerprint density at radius 2 is 2.00 bits per heavy atom. The molecule has 1 rings (SSSR count). The molecular formula is C10H14ClNOS. The second-order valence-electron chi connectivity index (χ2n) is 3.44. The van der Waals surface area contributed by atoms with Crippen molar-refractivity contribution in [3.63, 3.8) is 0 Å². The van der Waals surface area contributed by atoms with Crippen LogP contribution < -0.4 is 5.73 Å². The number of halogens is 1. The summed E-state index contributed by atoms with van der Waals surface area (Å²) in [6.45, 7) is 2.00. The van der Waals surface area contributed by atoms with Crippen molar-refractivity contribution in [2.75, 3.05) is 12.3 Å². The molecule has 0 amide bonds. The van der Waals surface area contributed by atoms with E-state index in [9.17, 15) is 5.11 Å². The average Bonchev–Trinajstić information content (AvgIpc) is 2.17. The van der Waals surface area contributed by atoms with Crippen molar-refractivity contribution in [1.29, 1.82) is 0 Å². The van der Waals surface area contributed by atoms with E-state index in [1.165, 1.54) is 0 Å². The van der Waals surface area contributed by atoms with Gasteiger partial charge in [-0.2, -0.15) is 0 Å². The van der Waals surface area contributed by atoms with Gasteiger partial charge in [0.1, 0.15) is 0 Å². The highest BCUT2D eigenvalue weighted by molar-refractivity contribution is 7.99. The molecule has 14 heavy (non-hydrogen) atoms. The first-order valence-corrected chi connectivity index (χ1v) is 5.71. The minimum atomic E-state index is -0.801. The Labute approximate surface area is 93.5 Å². The average molecular weight is 232 g/mol. The molecule has 0 saturated carbocycles. The zero-order valence-corrected chi connectivity index (χ0v) is 9.61. The topological polar surface area (TPSA) is 46.2 Å². The third-order valence-corrected chi connectivity index (χ3v) is 3.43. The third kappa shape index (κ3) is 3.88. The smallest absolute Gasteiger partial charge is 0.0834 e. The maximum Gasteiger partial charge on any atom is 0.0834 e. The van der Waals surface area contributed by atoms with Crippen molar-refractivity contribution in [2.45, 2.75) is 17.4 Å². The van der Waals surface area contributed by atoms with Crippen LogP contribution in [-0.4, -0.2) is 23.0 Å². The van der Waals surface area contributed by atoms with Crippen LogP contribution in [0.1, 0.15) is 6.92 Å². The van der Waals surface area contributed by atoms with E-state index in [0.29, 0.717) is 5.75 Å². The quantitative estimate of drug-likeness (QED) is 0.781. The molecule has 0 bridgehead atoms. The Bertz CT molecular complexity index is 287. The molecule has 78 valence electrons. The van der Waals surface area contributed by atoms with Crippen LogP contribution in [-0.2, 0) is 0 Å². The summed E-state index contributed by atoms with van der Waals surface area (Å²) in [5.74, 6) is 0.588. The SMILES string of the molecule is CC(O)(CN)CSc1ccc(Cl)cc1. The van der Waals surface area contributed by atoms with E-state index in [-0.39, 0.29) is 6.54 Å². The number of hydrogen-bond acceptors (Lipinski definition) is 3. The van der Waals surface area contributed by atoms with Gasteiger partial charge in [0.25, 0.3) is 0 Å². The molecule has 0 fully saturated rings. The van der Waals surface area contributed by atoms with Crippen molar-refractivity contribution in [3.05, 3.63) is 29.3 Å². The van der Waals surface area contributed by atoms with Gasteiger partial charge in [-0.15, -0.1) is 11.8 Å². The van der Waals surface area contributed by atoms with Crippen LogP contribution in [0, 0.1) is 0 Å². The molecule has 0 aliphatic heterocycles. The van der Waals surface area contributed by atoms with Gasteiger partial charge in [0, 0.05) is 22.2 Å². The molecule has 1 unspecified atom stereocenters. The van der Waals surface area contributed by atoms with Gasteiger partial charge < -0.3 is 10.8 Å². The Morgan fingerprint density at radius 3 is 2.50 bits per heavy atom. The first kappa shape index (κ1) is 11.9. The second kappa shape index (κ2) is 5.03. The predicted octanol–water partition coefficient (Wildman–Crippen LogP) is 2.14. The third-order valence-electron chi connectivity index (χ3n) is 1.80. The summed E-state index contributed by atoms with van der Waals surface area (Å²) in [4.78, 5) is 1.09. The molecule has 1 atom stereocenters. The van der Waals surface area contributed by atoms with Gasteiger partial charge >= 0.3 is 0 Å². The summed E-state index contributed by atoms with van der Waals surface area (Å²) in [5, 5.41) is 10.4. The lowest BCUT2D eigenvalue weighted by molar-refractivity contribution is 0.0949. The Balaban J connectivity index is 2.50. The summed E-state index contributed by atoms with van der Waals surface area (Å²) in [6.07, 6.45) is 0. The highest BCUT2D eigenvalue weighted by atomic mass is 35.5. The standard InChI is InChI=1S/C10H14ClNOS/c1-10(13,6-12)7-14-9-4-2-8(11)3-5-9/h2-5,13H,6-7,12H2,1H3. The predicted molar refractivity (Wildman–Crippen MR) is 61.9 cm³/mol. The van der Waals surface area contributed by atoms with Crippen molar-refractivity contribution < 1.29 is 5.11 Å². The maximum absolute atomic E-state index is 9.67. The normalized spacial score (nSPS) is 15.1. The van der Waals surface area contributed by atoms with E-state index in [1.54, 1.807) is 18.7 Å². The fourth-order valence-electron chi connectivity index (χ4n) is 0.829. The van der Waals surface area contributed by atoms with Gasteiger partial charge in [0.2, 0.25) is 0 Å². The summed E-state index contributed by atoms with van der Waals surface area (Å²) < 4.78 is 0. The molecule has 0 aromatic heterocycles. The molecule has 1 aromatic carbocycles. The first-order chi connectivity index (χ1) is 6.53. The molecule has 1 aromatic rings. The van der Waals surface area contributed by atoms with Crippen molar-refractivity contribution in [2.24, 2.45) is 5.73 Å². The molecule has 3 N–H and O–H groups in total. The molecule has 0 radical (unpaired) electrons. The van der Waals surface area contributed by atoms with Gasteiger partial charge in [-0.05, 0) is 31.2 Å². The van der Waals surface area contributed by atoms with E-state index >= 15 is 0 Å². The van der Waals surface area contributed by atoms with Crippen molar-refractivity contribution in [1.82, 2.24) is 0 Å². The van der Waals surface area contributed by atoms with E-state index in [4.69, 9.17) is 17.3 Å². The molecule has 2 nitrogen and oxygen atoms in total. The highest BCUT2D eigenvalue weighted by Crippen LogP contribution is 2.23. The van der Waals surface area contributed by atoms with Crippen LogP contribution >= 0.6 is 23.4 Å². The summed E-state index contributed by atoms with van der Waals surface area (Å²) >= 11 is 7.32. The second-order valence-corrected chi connectivity index (χ2v) is 4.93. The van der Waals surface area contributed by atoms with Crippen LogP contribution in [0.15, 0.2) is 29.2 Å². The Morgan fingerprint density at radius 1 is 1.43 bits per heavy atom. The molecule has 0 aliphatic rings. The van der Waals surface area contributed by atoms with Crippen LogP contribution in [0.25, 0.3) is 0 Å². The van der Waals surface area contributed by atoms with Crippen molar-refractivity contribution in [3.8, 4) is 0 Å². The number of benzene rings is 1. The fourth-order valence-corrected chi connectivity index (χ4v) is 1.88. The molecule has 4 heteroatoms. The number of hydrogen-bond donors (Lipinski definition) is 2. The van der Waals surface area contributed by atoms with Crippen LogP contribution in [0.3, 0.4) is 0 Å². The molecular weight excluding hydrogens is 218 g/mol. The van der Waals surface area contributed by atoms with Gasteiger partial charge in [0.05, 0.1) is 5.60 Å². The van der Waals surface area contributed by atoms with E-state index in [1.807, 2.05) is 24.3 Å². The summed E-state index contributed by atoms with van der Waals surface area (Å²) in [6, 6.07) is 7.53. The minimum absolute atomic E-state index is 0.271. The van der Waals surface area contributed by atoms with Crippen LogP contribution in [0.4, 0.5) is 0 Å². The van der Waals surface area contributed by atoms with E-state index in [0.717, 1.165) is 9.92 Å². The Hall–Kier alpha value is -0.220. The number of thioether (sulfide) groups is 1. The zero-order chi connectivity index (χ0) is 10.6. The number of nitrogens with two attached hydrogens (primary N) is 1. The fraction of sp³-hybridized carbons (Fsp3) is 0.400. The zero-order valence-electron chi connectivity index (χ0n) is 8.03. The summed E-state index contributed by atoms with van der Waals surface area (Å²) in [5.41, 5.74) is 4.61. The van der Waals surface area contributed by atoms with Gasteiger partial charge in [-0.1, -0.05) is 11.6 Å². The van der Waals surface area contributed by atoms with Gasteiger partial charge in [-0.3, -0.25) is 0 Å². The Kier molecular flexibility index (Phi) is 4.26. The van der Waals surface area contributed by atoms with Crippen molar-refractivity contribution >= 4 is 23.4 Å². The molecule has 0 aliphatic carbocycles.